The number of carbonyl (C=O) groups is 1. The molecule has 1 unspecified atom stereocenters. The van der Waals surface area contributed by atoms with Crippen LogP contribution in [-0.2, 0) is 4.79 Å². The number of aliphatic carboxylic acids is 1. The van der Waals surface area contributed by atoms with Crippen LogP contribution >= 0.6 is 0 Å². The van der Waals surface area contributed by atoms with Crippen molar-refractivity contribution >= 4 is 5.97 Å². The summed E-state index contributed by atoms with van der Waals surface area (Å²) in [6, 6.07) is 1.33. The largest absolute Gasteiger partial charge is 0.508 e. The van der Waals surface area contributed by atoms with Crippen molar-refractivity contribution in [3.63, 3.8) is 0 Å². The lowest BCUT2D eigenvalue weighted by atomic mass is 9.92. The first-order valence-electron chi connectivity index (χ1n) is 5.15. The Hall–Kier alpha value is -1.71. The lowest BCUT2D eigenvalue weighted by Gasteiger charge is -2.16. The zero-order valence-electron chi connectivity index (χ0n) is 9.61. The number of aromatic hydroxyl groups is 2. The average Bonchev–Trinajstić information content (AvgIpc) is 2.23. The molecule has 0 aliphatic carbocycles. The van der Waals surface area contributed by atoms with Crippen LogP contribution in [0.4, 0.5) is 0 Å². The molecule has 4 nitrogen and oxygen atoms in total. The molecule has 16 heavy (non-hydrogen) atoms. The fourth-order valence-corrected chi connectivity index (χ4v) is 1.70. The first-order valence-corrected chi connectivity index (χ1v) is 5.15. The van der Waals surface area contributed by atoms with E-state index in [2.05, 4.69) is 0 Å². The molecule has 1 aromatic rings. The van der Waals surface area contributed by atoms with E-state index in [1.807, 2.05) is 0 Å². The van der Waals surface area contributed by atoms with Gasteiger partial charge in [-0.2, -0.15) is 0 Å². The maximum absolute atomic E-state index is 11.0. The molecule has 3 N–H and O–H groups in total. The molecule has 1 aromatic carbocycles. The van der Waals surface area contributed by atoms with Crippen molar-refractivity contribution in [3.8, 4) is 11.5 Å². The molecular weight excluding hydrogens is 208 g/mol. The molecule has 88 valence electrons. The smallest absolute Gasteiger partial charge is 0.311 e. The number of hydrogen-bond donors (Lipinski definition) is 3. The summed E-state index contributed by atoms with van der Waals surface area (Å²) in [5.74, 6) is -1.81. The lowest BCUT2D eigenvalue weighted by Crippen LogP contribution is -2.11. The van der Waals surface area contributed by atoms with Gasteiger partial charge in [0.05, 0.1) is 5.92 Å². The third-order valence-electron chi connectivity index (χ3n) is 2.95. The Morgan fingerprint density at radius 3 is 2.31 bits per heavy atom. The summed E-state index contributed by atoms with van der Waals surface area (Å²) in [5.41, 5.74) is 1.37. The zero-order valence-corrected chi connectivity index (χ0v) is 9.61. The van der Waals surface area contributed by atoms with E-state index in [-0.39, 0.29) is 17.1 Å². The maximum Gasteiger partial charge on any atom is 0.311 e. The van der Waals surface area contributed by atoms with Crippen molar-refractivity contribution in [3.05, 3.63) is 22.8 Å². The first kappa shape index (κ1) is 12.4. The van der Waals surface area contributed by atoms with Crippen molar-refractivity contribution in [2.75, 3.05) is 0 Å². The van der Waals surface area contributed by atoms with Gasteiger partial charge in [0.15, 0.2) is 0 Å². The van der Waals surface area contributed by atoms with Gasteiger partial charge in [-0.1, -0.05) is 6.92 Å². The number of hydrogen-bond acceptors (Lipinski definition) is 3. The second-order valence-electron chi connectivity index (χ2n) is 3.88. The van der Waals surface area contributed by atoms with Gasteiger partial charge in [-0.25, -0.2) is 0 Å². The summed E-state index contributed by atoms with van der Waals surface area (Å²) in [6.07, 6.45) is 0.366. The van der Waals surface area contributed by atoms with Crippen molar-refractivity contribution in [1.82, 2.24) is 0 Å². The Labute approximate surface area is 94.2 Å². The lowest BCUT2D eigenvalue weighted by molar-refractivity contribution is -0.138. The minimum atomic E-state index is -1.000. The average molecular weight is 224 g/mol. The highest BCUT2D eigenvalue weighted by atomic mass is 16.4. The number of benzene rings is 1. The molecule has 0 aromatic heterocycles. The van der Waals surface area contributed by atoms with Gasteiger partial charge in [-0.15, -0.1) is 0 Å². The molecule has 0 aliphatic rings. The number of phenols is 2. The molecule has 1 atom stereocenters. The Bertz CT molecular complexity index is 424. The molecule has 0 amide bonds. The minimum Gasteiger partial charge on any atom is -0.508 e. The van der Waals surface area contributed by atoms with Crippen LogP contribution in [-0.4, -0.2) is 21.3 Å². The van der Waals surface area contributed by atoms with Crippen LogP contribution in [0.3, 0.4) is 0 Å². The molecule has 0 bridgehead atoms. The summed E-state index contributed by atoms with van der Waals surface area (Å²) in [6.45, 7) is 5.06. The Kier molecular flexibility index (Phi) is 3.42. The molecule has 0 aliphatic heterocycles. The monoisotopic (exact) mass is 224 g/mol. The predicted molar refractivity (Wildman–Crippen MR) is 59.9 cm³/mol. The standard InChI is InChI=1S/C12H16O4/c1-4-8(12(15)16)9-5-10(13)6(2)7(3)11(9)14/h5,8,13-14H,4H2,1-3H3,(H,15,16). The second kappa shape index (κ2) is 4.43. The molecule has 0 fully saturated rings. The van der Waals surface area contributed by atoms with Gasteiger partial charge in [-0.3, -0.25) is 4.79 Å². The summed E-state index contributed by atoms with van der Waals surface area (Å²) >= 11 is 0. The van der Waals surface area contributed by atoms with Crippen molar-refractivity contribution in [2.24, 2.45) is 0 Å². The predicted octanol–water partition coefficient (Wildman–Crippen LogP) is 2.29. The van der Waals surface area contributed by atoms with Crippen molar-refractivity contribution in [1.29, 1.82) is 0 Å². The zero-order chi connectivity index (χ0) is 12.5. The van der Waals surface area contributed by atoms with Crippen molar-refractivity contribution < 1.29 is 20.1 Å². The van der Waals surface area contributed by atoms with Crippen LogP contribution in [0.5, 0.6) is 11.5 Å². The van der Waals surface area contributed by atoms with Crippen LogP contribution in [0.2, 0.25) is 0 Å². The SMILES string of the molecule is CCC(C(=O)O)c1cc(O)c(C)c(C)c1O. The summed E-state index contributed by atoms with van der Waals surface area (Å²) < 4.78 is 0. The Balaban J connectivity index is 3.39. The first-order chi connectivity index (χ1) is 7.40. The highest BCUT2D eigenvalue weighted by molar-refractivity contribution is 5.78. The molecule has 4 heteroatoms. The van der Waals surface area contributed by atoms with Gasteiger partial charge >= 0.3 is 5.97 Å². The minimum absolute atomic E-state index is 0.0185. The van der Waals surface area contributed by atoms with Crippen molar-refractivity contribution in [2.45, 2.75) is 33.1 Å². The quantitative estimate of drug-likeness (QED) is 0.688. The molecular formula is C12H16O4. The summed E-state index contributed by atoms with van der Waals surface area (Å²) in [7, 11) is 0. The van der Waals surface area contributed by atoms with Crippen LogP contribution in [0.25, 0.3) is 0 Å². The molecule has 1 rings (SSSR count). The summed E-state index contributed by atoms with van der Waals surface area (Å²) in [5, 5.41) is 28.5. The number of carboxylic acid groups (broad SMARTS) is 1. The molecule has 0 heterocycles. The highest BCUT2D eigenvalue weighted by Crippen LogP contribution is 2.37. The van der Waals surface area contributed by atoms with Gasteiger partial charge in [0.2, 0.25) is 0 Å². The molecule has 0 saturated heterocycles. The summed E-state index contributed by atoms with van der Waals surface area (Å²) in [4.78, 5) is 11.0. The van der Waals surface area contributed by atoms with E-state index in [0.717, 1.165) is 0 Å². The molecule has 0 saturated carbocycles. The van der Waals surface area contributed by atoms with Crippen LogP contribution in [0.1, 0.15) is 36.0 Å². The fraction of sp³-hybridized carbons (Fsp3) is 0.417. The van der Waals surface area contributed by atoms with Crippen LogP contribution in [0, 0.1) is 13.8 Å². The maximum atomic E-state index is 11.0. The molecule has 0 spiro atoms. The fourth-order valence-electron chi connectivity index (χ4n) is 1.70. The number of phenolic OH excluding ortho intramolecular Hbond substituents is 2. The Morgan fingerprint density at radius 2 is 1.88 bits per heavy atom. The van der Waals surface area contributed by atoms with E-state index >= 15 is 0 Å². The van der Waals surface area contributed by atoms with Gasteiger partial charge in [0, 0.05) is 5.56 Å². The van der Waals surface area contributed by atoms with E-state index < -0.39 is 11.9 Å². The van der Waals surface area contributed by atoms with E-state index in [1.165, 1.54) is 6.07 Å². The van der Waals surface area contributed by atoms with E-state index in [9.17, 15) is 15.0 Å². The normalized spacial score (nSPS) is 12.4. The van der Waals surface area contributed by atoms with Gasteiger partial charge in [0.1, 0.15) is 11.5 Å². The van der Waals surface area contributed by atoms with Gasteiger partial charge in [0.25, 0.3) is 0 Å². The molecule has 0 radical (unpaired) electrons. The second-order valence-corrected chi connectivity index (χ2v) is 3.88. The van der Waals surface area contributed by atoms with E-state index in [1.54, 1.807) is 20.8 Å². The van der Waals surface area contributed by atoms with Gasteiger partial charge in [-0.05, 0) is 37.5 Å². The van der Waals surface area contributed by atoms with Crippen LogP contribution < -0.4 is 0 Å². The topological polar surface area (TPSA) is 77.8 Å². The van der Waals surface area contributed by atoms with Gasteiger partial charge < -0.3 is 15.3 Å². The number of rotatable bonds is 3. The Morgan fingerprint density at radius 1 is 1.31 bits per heavy atom. The van der Waals surface area contributed by atoms with Crippen LogP contribution in [0.15, 0.2) is 6.07 Å². The third kappa shape index (κ3) is 1.96. The number of carboxylic acids is 1. The van der Waals surface area contributed by atoms with E-state index in [4.69, 9.17) is 5.11 Å². The van der Waals surface area contributed by atoms with E-state index in [0.29, 0.717) is 17.5 Å². The third-order valence-corrected chi connectivity index (χ3v) is 2.95. The highest BCUT2D eigenvalue weighted by Gasteiger charge is 2.23.